The zero-order chi connectivity index (χ0) is 22.2. The molecule has 1 heterocycles. The maximum atomic E-state index is 12.6. The Labute approximate surface area is 181 Å². The van der Waals surface area contributed by atoms with Crippen molar-refractivity contribution >= 4 is 17.8 Å². The van der Waals surface area contributed by atoms with Gasteiger partial charge in [-0.2, -0.15) is 0 Å². The van der Waals surface area contributed by atoms with E-state index >= 15 is 0 Å². The zero-order valence-corrected chi connectivity index (χ0v) is 17.9. The van der Waals surface area contributed by atoms with Crippen molar-refractivity contribution in [2.24, 2.45) is 4.99 Å². The molecule has 1 aliphatic rings. The molecule has 1 atom stereocenters. The lowest BCUT2D eigenvalue weighted by atomic mass is 10.0. The molecule has 8 nitrogen and oxygen atoms in total. The first-order valence-corrected chi connectivity index (χ1v) is 10.2. The Hall–Kier alpha value is -3.55. The lowest BCUT2D eigenvalue weighted by molar-refractivity contribution is -0.120. The number of benzene rings is 2. The Balaban J connectivity index is 1.69. The standard InChI is InChI=1S/C23H27N3O5/c1-4-30-19-11-6-15(12-20(19)31-5-2)13-21(27)25-23-24-18(14-22(28)26-23)16-7-9-17(29-3)10-8-16/h6-12,18H,4-5,13-14H2,1-3H3,(H2,24,25,26,27,28). The molecule has 2 aromatic rings. The van der Waals surface area contributed by atoms with Crippen LogP contribution in [0.5, 0.6) is 17.2 Å². The minimum atomic E-state index is -0.370. The van der Waals surface area contributed by atoms with Gasteiger partial charge in [0.15, 0.2) is 11.5 Å². The topological polar surface area (TPSA) is 98.3 Å². The number of rotatable bonds is 8. The third kappa shape index (κ3) is 5.97. The predicted molar refractivity (Wildman–Crippen MR) is 117 cm³/mol. The quantitative estimate of drug-likeness (QED) is 0.678. The summed E-state index contributed by atoms with van der Waals surface area (Å²) >= 11 is 0. The average molecular weight is 425 g/mol. The van der Waals surface area contributed by atoms with Crippen LogP contribution in [0.25, 0.3) is 0 Å². The Morgan fingerprint density at radius 2 is 1.81 bits per heavy atom. The highest BCUT2D eigenvalue weighted by Gasteiger charge is 2.23. The van der Waals surface area contributed by atoms with Gasteiger partial charge in [0.05, 0.1) is 39.2 Å². The van der Waals surface area contributed by atoms with E-state index in [1.54, 1.807) is 19.2 Å². The molecule has 31 heavy (non-hydrogen) atoms. The molecule has 2 amide bonds. The molecule has 3 rings (SSSR count). The molecule has 2 N–H and O–H groups in total. The molecule has 1 aliphatic heterocycles. The van der Waals surface area contributed by atoms with Crippen LogP contribution in [0.15, 0.2) is 47.5 Å². The van der Waals surface area contributed by atoms with Crippen LogP contribution in [-0.2, 0) is 16.0 Å². The van der Waals surface area contributed by atoms with Crippen molar-refractivity contribution in [1.82, 2.24) is 10.6 Å². The second-order valence-corrected chi connectivity index (χ2v) is 6.89. The summed E-state index contributed by atoms with van der Waals surface area (Å²) in [5.41, 5.74) is 1.63. The Morgan fingerprint density at radius 3 is 2.48 bits per heavy atom. The summed E-state index contributed by atoms with van der Waals surface area (Å²) in [6.07, 6.45) is 0.316. The number of nitrogens with one attached hydrogen (secondary N) is 2. The molecule has 2 aromatic carbocycles. The second kappa shape index (κ2) is 10.5. The highest BCUT2D eigenvalue weighted by Crippen LogP contribution is 2.29. The monoisotopic (exact) mass is 425 g/mol. The third-order valence-corrected chi connectivity index (χ3v) is 4.65. The van der Waals surface area contributed by atoms with E-state index in [1.807, 2.05) is 44.2 Å². The van der Waals surface area contributed by atoms with Crippen LogP contribution in [0.2, 0.25) is 0 Å². The smallest absolute Gasteiger partial charge is 0.231 e. The van der Waals surface area contributed by atoms with Crippen molar-refractivity contribution in [3.05, 3.63) is 53.6 Å². The second-order valence-electron chi connectivity index (χ2n) is 6.89. The maximum Gasteiger partial charge on any atom is 0.231 e. The maximum absolute atomic E-state index is 12.6. The summed E-state index contributed by atoms with van der Waals surface area (Å²) in [6, 6.07) is 12.4. The summed E-state index contributed by atoms with van der Waals surface area (Å²) in [5.74, 6) is 1.62. The molecule has 0 saturated carbocycles. The number of ether oxygens (including phenoxy) is 3. The van der Waals surface area contributed by atoms with Crippen LogP contribution in [0.1, 0.15) is 37.4 Å². The largest absolute Gasteiger partial charge is 0.497 e. The van der Waals surface area contributed by atoms with Crippen molar-refractivity contribution in [1.29, 1.82) is 0 Å². The highest BCUT2D eigenvalue weighted by atomic mass is 16.5. The molecular weight excluding hydrogens is 398 g/mol. The number of hydrogen-bond donors (Lipinski definition) is 2. The molecule has 0 aliphatic carbocycles. The first kappa shape index (κ1) is 22.1. The number of guanidine groups is 1. The summed E-state index contributed by atoms with van der Waals surface area (Å²) < 4.78 is 16.3. The number of hydrogen-bond acceptors (Lipinski definition) is 6. The van der Waals surface area contributed by atoms with Gasteiger partial charge >= 0.3 is 0 Å². The number of methoxy groups -OCH3 is 1. The number of aliphatic imine (C=N–C) groups is 1. The molecule has 0 radical (unpaired) electrons. The number of nitrogens with zero attached hydrogens (tertiary/aromatic N) is 1. The van der Waals surface area contributed by atoms with E-state index in [9.17, 15) is 9.59 Å². The third-order valence-electron chi connectivity index (χ3n) is 4.65. The molecule has 164 valence electrons. The van der Waals surface area contributed by atoms with Crippen LogP contribution in [0, 0.1) is 0 Å². The predicted octanol–water partition coefficient (Wildman–Crippen LogP) is 2.77. The molecule has 1 unspecified atom stereocenters. The summed E-state index contributed by atoms with van der Waals surface area (Å²) in [7, 11) is 1.59. The van der Waals surface area contributed by atoms with E-state index in [1.165, 1.54) is 0 Å². The number of carbonyl (C=O) groups is 2. The Bertz CT molecular complexity index is 956. The fraction of sp³-hybridized carbons (Fsp3) is 0.348. The molecule has 8 heteroatoms. The van der Waals surface area contributed by atoms with Crippen LogP contribution in [-0.4, -0.2) is 38.1 Å². The van der Waals surface area contributed by atoms with Gasteiger partial charge in [-0.1, -0.05) is 18.2 Å². The van der Waals surface area contributed by atoms with Crippen LogP contribution >= 0.6 is 0 Å². The van der Waals surface area contributed by atoms with E-state index < -0.39 is 0 Å². The molecule has 0 aromatic heterocycles. The Kier molecular flexibility index (Phi) is 7.48. The van der Waals surface area contributed by atoms with Gasteiger partial charge in [-0.15, -0.1) is 0 Å². The van der Waals surface area contributed by atoms with Crippen molar-refractivity contribution in [2.75, 3.05) is 20.3 Å². The highest BCUT2D eigenvalue weighted by molar-refractivity contribution is 6.06. The van der Waals surface area contributed by atoms with Gasteiger partial charge in [0.25, 0.3) is 0 Å². The van der Waals surface area contributed by atoms with Crippen molar-refractivity contribution in [2.45, 2.75) is 32.7 Å². The lowest BCUT2D eigenvalue weighted by Gasteiger charge is -2.21. The van der Waals surface area contributed by atoms with E-state index in [4.69, 9.17) is 14.2 Å². The lowest BCUT2D eigenvalue weighted by Crippen LogP contribution is -2.47. The SMILES string of the molecule is CCOc1ccc(CC(=O)NC2=NC(c3ccc(OC)cc3)CC(=O)N2)cc1OCC. The molecule has 0 fully saturated rings. The Morgan fingerprint density at radius 1 is 1.10 bits per heavy atom. The minimum absolute atomic E-state index is 0.106. The van der Waals surface area contributed by atoms with E-state index in [0.29, 0.717) is 24.7 Å². The number of amides is 2. The van der Waals surface area contributed by atoms with Crippen LogP contribution < -0.4 is 24.8 Å². The van der Waals surface area contributed by atoms with Crippen molar-refractivity contribution < 1.29 is 23.8 Å². The van der Waals surface area contributed by atoms with Crippen LogP contribution in [0.3, 0.4) is 0 Å². The van der Waals surface area contributed by atoms with Gasteiger partial charge in [0.1, 0.15) is 5.75 Å². The van der Waals surface area contributed by atoms with Crippen molar-refractivity contribution in [3.8, 4) is 17.2 Å². The molecule has 0 bridgehead atoms. The van der Waals surface area contributed by atoms with Gasteiger partial charge in [0, 0.05) is 0 Å². The normalized spacial score (nSPS) is 15.5. The van der Waals surface area contributed by atoms with Gasteiger partial charge in [-0.3, -0.25) is 20.2 Å². The summed E-state index contributed by atoms with van der Waals surface area (Å²) in [6.45, 7) is 4.80. The molecule has 0 spiro atoms. The molecule has 0 saturated heterocycles. The fourth-order valence-corrected chi connectivity index (χ4v) is 3.24. The average Bonchev–Trinajstić information content (AvgIpc) is 2.75. The zero-order valence-electron chi connectivity index (χ0n) is 17.9. The van der Waals surface area contributed by atoms with Crippen molar-refractivity contribution in [3.63, 3.8) is 0 Å². The van der Waals surface area contributed by atoms with E-state index in [0.717, 1.165) is 16.9 Å². The van der Waals surface area contributed by atoms with Gasteiger partial charge in [-0.05, 0) is 49.2 Å². The van der Waals surface area contributed by atoms with Gasteiger partial charge in [-0.25, -0.2) is 4.99 Å². The fourth-order valence-electron chi connectivity index (χ4n) is 3.24. The first-order valence-electron chi connectivity index (χ1n) is 10.2. The summed E-state index contributed by atoms with van der Waals surface area (Å²) in [5, 5.41) is 5.32. The number of carbonyl (C=O) groups excluding carboxylic acids is 2. The van der Waals surface area contributed by atoms with Crippen LogP contribution in [0.4, 0.5) is 0 Å². The van der Waals surface area contributed by atoms with Gasteiger partial charge < -0.3 is 14.2 Å². The van der Waals surface area contributed by atoms with E-state index in [2.05, 4.69) is 15.6 Å². The first-order chi connectivity index (χ1) is 15.0. The minimum Gasteiger partial charge on any atom is -0.497 e. The van der Waals surface area contributed by atoms with Gasteiger partial charge in [0.2, 0.25) is 17.8 Å². The molecular formula is C23H27N3O5. The van der Waals surface area contributed by atoms with E-state index in [-0.39, 0.29) is 36.7 Å². The summed E-state index contributed by atoms with van der Waals surface area (Å²) in [4.78, 5) is 29.2.